The van der Waals surface area contributed by atoms with Gasteiger partial charge in [-0.1, -0.05) is 23.8 Å². The van der Waals surface area contributed by atoms with Gasteiger partial charge in [-0.2, -0.15) is 5.26 Å². The van der Waals surface area contributed by atoms with E-state index in [2.05, 4.69) is 0 Å². The normalized spacial score (nSPS) is 12.2. The van der Waals surface area contributed by atoms with E-state index in [9.17, 15) is 0 Å². The summed E-state index contributed by atoms with van der Waals surface area (Å²) in [6, 6.07) is 7.45. The van der Waals surface area contributed by atoms with E-state index in [1.165, 1.54) is 5.56 Å². The van der Waals surface area contributed by atoms with Crippen LogP contribution in [0.4, 0.5) is 0 Å². The van der Waals surface area contributed by atoms with Gasteiger partial charge >= 0.3 is 0 Å². The van der Waals surface area contributed by atoms with Crippen LogP contribution in [-0.2, 0) is 0 Å². The van der Waals surface area contributed by atoms with Crippen LogP contribution in [0.15, 0.2) is 18.2 Å². The monoisotopic (exact) mass is 160 g/mol. The summed E-state index contributed by atoms with van der Waals surface area (Å²) >= 11 is 0. The molecular formula is C10H12N2. The zero-order valence-corrected chi connectivity index (χ0v) is 7.33. The van der Waals surface area contributed by atoms with Gasteiger partial charge in [0.2, 0.25) is 0 Å². The minimum atomic E-state index is -0.495. The maximum Gasteiger partial charge on any atom is 0.119 e. The van der Waals surface area contributed by atoms with E-state index in [1.807, 2.05) is 38.1 Å². The highest BCUT2D eigenvalue weighted by Gasteiger charge is 2.06. The third-order valence-electron chi connectivity index (χ3n) is 1.90. The number of benzene rings is 1. The molecule has 0 radical (unpaired) electrons. The van der Waals surface area contributed by atoms with Gasteiger partial charge in [-0.05, 0) is 25.0 Å². The first-order valence-electron chi connectivity index (χ1n) is 3.87. The molecule has 1 unspecified atom stereocenters. The molecule has 2 nitrogen and oxygen atoms in total. The maximum absolute atomic E-state index is 8.61. The van der Waals surface area contributed by atoms with Crippen LogP contribution in [0.3, 0.4) is 0 Å². The standard InChI is InChI=1S/C10H12N2/c1-7-3-4-9(8(2)5-7)10(12)6-11/h3-5,10H,12H2,1-2H3. The molecule has 0 amide bonds. The number of aryl methyl sites for hydroxylation is 2. The Bertz CT molecular complexity index is 323. The lowest BCUT2D eigenvalue weighted by atomic mass is 10.0. The van der Waals surface area contributed by atoms with E-state index >= 15 is 0 Å². The zero-order chi connectivity index (χ0) is 9.14. The quantitative estimate of drug-likeness (QED) is 0.681. The molecule has 2 N–H and O–H groups in total. The average molecular weight is 160 g/mol. The molecule has 0 fully saturated rings. The van der Waals surface area contributed by atoms with Crippen LogP contribution in [0.25, 0.3) is 0 Å². The molecule has 1 atom stereocenters. The Kier molecular flexibility index (Phi) is 2.47. The van der Waals surface area contributed by atoms with Crippen LogP contribution >= 0.6 is 0 Å². The zero-order valence-electron chi connectivity index (χ0n) is 7.33. The SMILES string of the molecule is Cc1ccc(C(N)C#N)c(C)c1. The van der Waals surface area contributed by atoms with E-state index in [-0.39, 0.29) is 0 Å². The summed E-state index contributed by atoms with van der Waals surface area (Å²) in [7, 11) is 0. The third kappa shape index (κ3) is 1.63. The number of nitrogens with two attached hydrogens (primary N) is 1. The molecule has 2 heteroatoms. The molecule has 1 aromatic rings. The van der Waals surface area contributed by atoms with Crippen molar-refractivity contribution in [2.24, 2.45) is 5.73 Å². The molecule has 12 heavy (non-hydrogen) atoms. The number of hydrogen-bond donors (Lipinski definition) is 1. The first kappa shape index (κ1) is 8.76. The molecule has 0 aliphatic carbocycles. The van der Waals surface area contributed by atoms with Gasteiger partial charge in [0.15, 0.2) is 0 Å². The average Bonchev–Trinajstić information content (AvgIpc) is 2.03. The van der Waals surface area contributed by atoms with Crippen LogP contribution in [-0.4, -0.2) is 0 Å². The van der Waals surface area contributed by atoms with Crippen molar-refractivity contribution >= 4 is 0 Å². The van der Waals surface area contributed by atoms with Crippen LogP contribution < -0.4 is 5.73 Å². The van der Waals surface area contributed by atoms with Gasteiger partial charge < -0.3 is 5.73 Å². The molecule has 1 aromatic carbocycles. The fraction of sp³-hybridized carbons (Fsp3) is 0.300. The van der Waals surface area contributed by atoms with Crippen molar-refractivity contribution in [1.82, 2.24) is 0 Å². The molecular weight excluding hydrogens is 148 g/mol. The molecule has 0 aromatic heterocycles. The predicted octanol–water partition coefficient (Wildman–Crippen LogP) is 1.83. The second kappa shape index (κ2) is 3.38. The molecule has 62 valence electrons. The first-order chi connectivity index (χ1) is 5.65. The Labute approximate surface area is 72.6 Å². The van der Waals surface area contributed by atoms with Crippen LogP contribution in [0, 0.1) is 25.2 Å². The Hall–Kier alpha value is -1.33. The molecule has 1 rings (SSSR count). The van der Waals surface area contributed by atoms with E-state index in [0.29, 0.717) is 0 Å². The van der Waals surface area contributed by atoms with Gasteiger partial charge in [0, 0.05) is 0 Å². The number of nitrogens with zero attached hydrogens (tertiary/aromatic N) is 1. The summed E-state index contributed by atoms with van der Waals surface area (Å²) in [4.78, 5) is 0. The summed E-state index contributed by atoms with van der Waals surface area (Å²) in [5.74, 6) is 0. The maximum atomic E-state index is 8.61. The fourth-order valence-electron chi connectivity index (χ4n) is 1.24. The fourth-order valence-corrected chi connectivity index (χ4v) is 1.24. The molecule has 0 bridgehead atoms. The van der Waals surface area contributed by atoms with E-state index in [0.717, 1.165) is 11.1 Å². The molecule has 0 heterocycles. The van der Waals surface area contributed by atoms with Crippen molar-refractivity contribution in [2.75, 3.05) is 0 Å². The number of rotatable bonds is 1. The lowest BCUT2D eigenvalue weighted by molar-refractivity contribution is 0.913. The van der Waals surface area contributed by atoms with Gasteiger partial charge in [-0.25, -0.2) is 0 Å². The van der Waals surface area contributed by atoms with Gasteiger partial charge in [-0.15, -0.1) is 0 Å². The summed E-state index contributed by atoms with van der Waals surface area (Å²) in [6.07, 6.45) is 0. The molecule has 0 saturated heterocycles. The van der Waals surface area contributed by atoms with Crippen molar-refractivity contribution < 1.29 is 0 Å². The largest absolute Gasteiger partial charge is 0.312 e. The van der Waals surface area contributed by atoms with Crippen LogP contribution in [0.2, 0.25) is 0 Å². The van der Waals surface area contributed by atoms with Crippen LogP contribution in [0.5, 0.6) is 0 Å². The molecule has 0 aliphatic rings. The van der Waals surface area contributed by atoms with E-state index in [4.69, 9.17) is 11.0 Å². The molecule has 0 spiro atoms. The number of nitriles is 1. The van der Waals surface area contributed by atoms with Crippen molar-refractivity contribution in [2.45, 2.75) is 19.9 Å². The summed E-state index contributed by atoms with van der Waals surface area (Å²) < 4.78 is 0. The van der Waals surface area contributed by atoms with E-state index < -0.39 is 6.04 Å². The van der Waals surface area contributed by atoms with Gasteiger partial charge in [0.1, 0.15) is 6.04 Å². The summed E-state index contributed by atoms with van der Waals surface area (Å²) in [5, 5.41) is 8.61. The Morgan fingerprint density at radius 1 is 1.42 bits per heavy atom. The van der Waals surface area contributed by atoms with Crippen molar-refractivity contribution in [3.63, 3.8) is 0 Å². The smallest absolute Gasteiger partial charge is 0.119 e. The predicted molar refractivity (Wildman–Crippen MR) is 48.5 cm³/mol. The highest BCUT2D eigenvalue weighted by atomic mass is 14.6. The van der Waals surface area contributed by atoms with Crippen molar-refractivity contribution in [3.05, 3.63) is 34.9 Å². The first-order valence-corrected chi connectivity index (χ1v) is 3.87. The highest BCUT2D eigenvalue weighted by Crippen LogP contribution is 2.15. The second-order valence-corrected chi connectivity index (χ2v) is 2.97. The molecule has 0 saturated carbocycles. The summed E-state index contributed by atoms with van der Waals surface area (Å²) in [6.45, 7) is 3.99. The number of hydrogen-bond acceptors (Lipinski definition) is 2. The minimum absolute atomic E-state index is 0.495. The third-order valence-corrected chi connectivity index (χ3v) is 1.90. The topological polar surface area (TPSA) is 49.8 Å². The van der Waals surface area contributed by atoms with Gasteiger partial charge in [-0.3, -0.25) is 0 Å². The molecule has 0 aliphatic heterocycles. The van der Waals surface area contributed by atoms with Crippen LogP contribution in [0.1, 0.15) is 22.7 Å². The van der Waals surface area contributed by atoms with E-state index in [1.54, 1.807) is 0 Å². The lowest BCUT2D eigenvalue weighted by Crippen LogP contribution is -2.08. The minimum Gasteiger partial charge on any atom is -0.312 e. The second-order valence-electron chi connectivity index (χ2n) is 2.97. The van der Waals surface area contributed by atoms with Crippen molar-refractivity contribution in [1.29, 1.82) is 5.26 Å². The highest BCUT2D eigenvalue weighted by molar-refractivity contribution is 5.34. The van der Waals surface area contributed by atoms with Gasteiger partial charge in [0.05, 0.1) is 6.07 Å². The van der Waals surface area contributed by atoms with Crippen molar-refractivity contribution in [3.8, 4) is 6.07 Å². The Morgan fingerprint density at radius 2 is 2.08 bits per heavy atom. The van der Waals surface area contributed by atoms with Gasteiger partial charge in [0.25, 0.3) is 0 Å². The Morgan fingerprint density at radius 3 is 2.58 bits per heavy atom. The Balaban J connectivity index is 3.11. The lowest BCUT2D eigenvalue weighted by Gasteiger charge is -2.07. The summed E-state index contributed by atoms with van der Waals surface area (Å²) in [5.41, 5.74) is 8.79.